The lowest BCUT2D eigenvalue weighted by Crippen LogP contribution is -1.92. The van der Waals surface area contributed by atoms with Crippen molar-refractivity contribution in [2.75, 3.05) is 12.7 Å². The molecule has 13 heavy (non-hydrogen) atoms. The van der Waals surface area contributed by atoms with E-state index in [1.807, 2.05) is 30.4 Å². The maximum Gasteiger partial charge on any atom is 0.231 e. The second-order valence-corrected chi connectivity index (χ2v) is 2.98. The summed E-state index contributed by atoms with van der Waals surface area (Å²) in [6, 6.07) is 5.80. The summed E-state index contributed by atoms with van der Waals surface area (Å²) in [6.45, 7) is 0.317. The van der Waals surface area contributed by atoms with Crippen molar-refractivity contribution in [2.24, 2.45) is 0 Å². The molecule has 0 N–H and O–H groups in total. The minimum Gasteiger partial charge on any atom is -0.454 e. The Morgan fingerprint density at radius 3 is 3.00 bits per heavy atom. The molecular weight excluding hydrogens is 188 g/mol. The molecule has 0 spiro atoms. The summed E-state index contributed by atoms with van der Waals surface area (Å²) in [7, 11) is 0. The van der Waals surface area contributed by atoms with Crippen LogP contribution in [0.5, 0.6) is 11.5 Å². The van der Waals surface area contributed by atoms with E-state index in [9.17, 15) is 0 Å². The van der Waals surface area contributed by atoms with E-state index in [1.165, 1.54) is 0 Å². The molecule has 0 atom stereocenters. The zero-order valence-electron chi connectivity index (χ0n) is 7.00. The molecule has 3 heteroatoms. The van der Waals surface area contributed by atoms with Gasteiger partial charge in [0.15, 0.2) is 11.5 Å². The topological polar surface area (TPSA) is 18.5 Å². The van der Waals surface area contributed by atoms with Crippen molar-refractivity contribution < 1.29 is 9.47 Å². The molecule has 0 aromatic heterocycles. The summed E-state index contributed by atoms with van der Waals surface area (Å²) in [4.78, 5) is 0. The van der Waals surface area contributed by atoms with E-state index in [2.05, 4.69) is 0 Å². The summed E-state index contributed by atoms with van der Waals surface area (Å²) in [5, 5.41) is 0. The average Bonchev–Trinajstić information content (AvgIpc) is 2.61. The fraction of sp³-hybridized carbons (Fsp3) is 0.200. The largest absolute Gasteiger partial charge is 0.454 e. The van der Waals surface area contributed by atoms with Gasteiger partial charge in [-0.05, 0) is 17.7 Å². The van der Waals surface area contributed by atoms with Gasteiger partial charge in [0.25, 0.3) is 0 Å². The van der Waals surface area contributed by atoms with Crippen molar-refractivity contribution >= 4 is 17.7 Å². The molecule has 2 nitrogen and oxygen atoms in total. The van der Waals surface area contributed by atoms with Crippen LogP contribution >= 0.6 is 11.6 Å². The first kappa shape index (κ1) is 8.45. The van der Waals surface area contributed by atoms with Crippen molar-refractivity contribution in [3.63, 3.8) is 0 Å². The quantitative estimate of drug-likeness (QED) is 0.678. The number of alkyl halides is 1. The third-order valence-electron chi connectivity index (χ3n) is 1.80. The minimum atomic E-state index is 0.317. The lowest BCUT2D eigenvalue weighted by atomic mass is 10.2. The standard InChI is InChI=1S/C10H9ClO2/c11-5-1-2-8-3-4-9-10(6-8)13-7-12-9/h1-4,6H,5,7H2. The van der Waals surface area contributed by atoms with E-state index in [0.717, 1.165) is 17.1 Å². The highest BCUT2D eigenvalue weighted by molar-refractivity contribution is 6.19. The zero-order chi connectivity index (χ0) is 9.10. The lowest BCUT2D eigenvalue weighted by Gasteiger charge is -1.96. The van der Waals surface area contributed by atoms with Gasteiger partial charge in [-0.2, -0.15) is 0 Å². The smallest absolute Gasteiger partial charge is 0.231 e. The number of ether oxygens (including phenoxy) is 2. The van der Waals surface area contributed by atoms with Gasteiger partial charge in [0.1, 0.15) is 0 Å². The molecule has 1 aliphatic heterocycles. The lowest BCUT2D eigenvalue weighted by molar-refractivity contribution is 0.174. The van der Waals surface area contributed by atoms with E-state index < -0.39 is 0 Å². The molecule has 0 unspecified atom stereocenters. The highest BCUT2D eigenvalue weighted by Crippen LogP contribution is 2.32. The monoisotopic (exact) mass is 196 g/mol. The van der Waals surface area contributed by atoms with E-state index in [0.29, 0.717) is 12.7 Å². The van der Waals surface area contributed by atoms with Crippen molar-refractivity contribution in [3.05, 3.63) is 29.8 Å². The number of hydrogen-bond donors (Lipinski definition) is 0. The molecule has 1 aliphatic rings. The Labute approximate surface area is 81.7 Å². The molecule has 1 heterocycles. The summed E-state index contributed by atoms with van der Waals surface area (Å²) < 4.78 is 10.4. The van der Waals surface area contributed by atoms with Gasteiger partial charge in [-0.1, -0.05) is 18.2 Å². The molecule has 0 saturated heterocycles. The normalized spacial score (nSPS) is 13.9. The Kier molecular flexibility index (Phi) is 2.41. The van der Waals surface area contributed by atoms with Gasteiger partial charge in [0.2, 0.25) is 6.79 Å². The SMILES string of the molecule is ClCC=Cc1ccc2c(c1)OCO2. The van der Waals surface area contributed by atoms with Crippen LogP contribution in [-0.2, 0) is 0 Å². The summed E-state index contributed by atoms with van der Waals surface area (Å²) in [5.41, 5.74) is 1.07. The van der Waals surface area contributed by atoms with Crippen LogP contribution in [0.4, 0.5) is 0 Å². The molecule has 2 rings (SSSR count). The van der Waals surface area contributed by atoms with Gasteiger partial charge in [-0.25, -0.2) is 0 Å². The number of hydrogen-bond acceptors (Lipinski definition) is 2. The fourth-order valence-corrected chi connectivity index (χ4v) is 1.29. The first-order valence-electron chi connectivity index (χ1n) is 4.02. The van der Waals surface area contributed by atoms with Crippen molar-refractivity contribution in [2.45, 2.75) is 0 Å². The molecule has 0 aliphatic carbocycles. The van der Waals surface area contributed by atoms with Crippen LogP contribution in [0.25, 0.3) is 6.08 Å². The third-order valence-corrected chi connectivity index (χ3v) is 1.97. The van der Waals surface area contributed by atoms with Gasteiger partial charge in [0.05, 0.1) is 0 Å². The van der Waals surface area contributed by atoms with Crippen LogP contribution in [0.15, 0.2) is 24.3 Å². The number of allylic oxidation sites excluding steroid dienone is 1. The average molecular weight is 197 g/mol. The Bertz CT molecular complexity index is 334. The van der Waals surface area contributed by atoms with Crippen LogP contribution in [0, 0.1) is 0 Å². The van der Waals surface area contributed by atoms with Crippen LogP contribution < -0.4 is 9.47 Å². The fourth-order valence-electron chi connectivity index (χ4n) is 1.20. The van der Waals surface area contributed by atoms with E-state index in [-0.39, 0.29) is 0 Å². The van der Waals surface area contributed by atoms with E-state index in [1.54, 1.807) is 0 Å². The Morgan fingerprint density at radius 1 is 1.31 bits per heavy atom. The molecule has 1 aromatic carbocycles. The maximum atomic E-state index is 5.53. The molecule has 0 radical (unpaired) electrons. The number of fused-ring (bicyclic) bond motifs is 1. The summed E-state index contributed by atoms with van der Waals surface area (Å²) in [5.74, 6) is 2.13. The highest BCUT2D eigenvalue weighted by Gasteiger charge is 2.11. The Morgan fingerprint density at radius 2 is 2.15 bits per heavy atom. The van der Waals surface area contributed by atoms with Crippen molar-refractivity contribution in [1.29, 1.82) is 0 Å². The Balaban J connectivity index is 2.25. The predicted molar refractivity (Wildman–Crippen MR) is 52.3 cm³/mol. The second kappa shape index (κ2) is 3.71. The molecule has 0 amide bonds. The van der Waals surface area contributed by atoms with Crippen molar-refractivity contribution in [1.82, 2.24) is 0 Å². The third kappa shape index (κ3) is 1.78. The molecule has 0 bridgehead atoms. The van der Waals surface area contributed by atoms with Crippen LogP contribution in [0.3, 0.4) is 0 Å². The zero-order valence-corrected chi connectivity index (χ0v) is 7.75. The second-order valence-electron chi connectivity index (χ2n) is 2.67. The first-order chi connectivity index (χ1) is 6.40. The van der Waals surface area contributed by atoms with Gasteiger partial charge in [-0.3, -0.25) is 0 Å². The molecular formula is C10H9ClO2. The summed E-state index contributed by atoms with van der Waals surface area (Å²) >= 11 is 5.53. The van der Waals surface area contributed by atoms with Gasteiger partial charge < -0.3 is 9.47 Å². The summed E-state index contributed by atoms with van der Waals surface area (Å²) in [6.07, 6.45) is 3.84. The van der Waals surface area contributed by atoms with Crippen LogP contribution in [-0.4, -0.2) is 12.7 Å². The molecule has 68 valence electrons. The molecule has 0 fully saturated rings. The highest BCUT2D eigenvalue weighted by atomic mass is 35.5. The molecule has 0 saturated carbocycles. The number of rotatable bonds is 2. The predicted octanol–water partition coefficient (Wildman–Crippen LogP) is 2.67. The van der Waals surface area contributed by atoms with Gasteiger partial charge >= 0.3 is 0 Å². The number of halogens is 1. The van der Waals surface area contributed by atoms with Gasteiger partial charge in [0, 0.05) is 5.88 Å². The van der Waals surface area contributed by atoms with E-state index >= 15 is 0 Å². The first-order valence-corrected chi connectivity index (χ1v) is 4.56. The number of benzene rings is 1. The minimum absolute atomic E-state index is 0.317. The van der Waals surface area contributed by atoms with Crippen LogP contribution in [0.2, 0.25) is 0 Å². The van der Waals surface area contributed by atoms with Crippen molar-refractivity contribution in [3.8, 4) is 11.5 Å². The Hall–Kier alpha value is -1.15. The van der Waals surface area contributed by atoms with Gasteiger partial charge in [-0.15, -0.1) is 11.6 Å². The maximum absolute atomic E-state index is 5.53. The van der Waals surface area contributed by atoms with Crippen LogP contribution in [0.1, 0.15) is 5.56 Å². The molecule has 1 aromatic rings. The van der Waals surface area contributed by atoms with E-state index in [4.69, 9.17) is 21.1 Å².